The second-order valence-corrected chi connectivity index (χ2v) is 5.04. The van der Waals surface area contributed by atoms with Crippen molar-refractivity contribution in [2.45, 2.75) is 13.8 Å². The van der Waals surface area contributed by atoms with Crippen LogP contribution in [0.2, 0.25) is 5.02 Å². The number of carbonyl (C=O) groups excluding carboxylic acids is 1. The Morgan fingerprint density at radius 2 is 2.05 bits per heavy atom. The van der Waals surface area contributed by atoms with Crippen LogP contribution in [0.15, 0.2) is 18.2 Å². The van der Waals surface area contributed by atoms with Crippen molar-refractivity contribution >= 4 is 29.2 Å². The van der Waals surface area contributed by atoms with E-state index in [2.05, 4.69) is 5.32 Å². The lowest BCUT2D eigenvalue weighted by atomic mass is 9.96. The smallest absolute Gasteiger partial charge is 0.308 e. The summed E-state index contributed by atoms with van der Waals surface area (Å²) in [6, 6.07) is 4.61. The number of amides is 1. The largest absolute Gasteiger partial charge is 0.481 e. The van der Waals surface area contributed by atoms with E-state index in [1.54, 1.807) is 12.1 Å². The van der Waals surface area contributed by atoms with Crippen LogP contribution >= 0.6 is 11.6 Å². The van der Waals surface area contributed by atoms with Crippen molar-refractivity contribution in [3.05, 3.63) is 28.8 Å². The van der Waals surface area contributed by atoms with E-state index < -0.39 is 17.8 Å². The molecular weight excluding hydrogens is 268 g/mol. The van der Waals surface area contributed by atoms with Gasteiger partial charge in [-0.1, -0.05) is 25.4 Å². The van der Waals surface area contributed by atoms with Gasteiger partial charge in [-0.3, -0.25) is 9.59 Å². The van der Waals surface area contributed by atoms with Gasteiger partial charge in [0.15, 0.2) is 0 Å². The fourth-order valence-corrected chi connectivity index (χ4v) is 1.89. The topological polar surface area (TPSA) is 92.4 Å². The number of nitrogens with one attached hydrogen (secondary N) is 1. The summed E-state index contributed by atoms with van der Waals surface area (Å²) >= 11 is 6.00. The van der Waals surface area contributed by atoms with Gasteiger partial charge in [-0.25, -0.2) is 0 Å². The van der Waals surface area contributed by atoms with Gasteiger partial charge < -0.3 is 16.2 Å². The van der Waals surface area contributed by atoms with E-state index in [-0.39, 0.29) is 12.5 Å². The Bertz CT molecular complexity index is 489. The molecule has 19 heavy (non-hydrogen) atoms. The Morgan fingerprint density at radius 3 is 2.47 bits per heavy atom. The first kappa shape index (κ1) is 15.3. The zero-order valence-electron chi connectivity index (χ0n) is 10.8. The van der Waals surface area contributed by atoms with Gasteiger partial charge in [-0.15, -0.1) is 0 Å². The second kappa shape index (κ2) is 6.43. The van der Waals surface area contributed by atoms with E-state index in [4.69, 9.17) is 22.4 Å². The van der Waals surface area contributed by atoms with Crippen molar-refractivity contribution in [3.8, 4) is 0 Å². The number of hydrogen-bond donors (Lipinski definition) is 3. The number of primary amides is 1. The van der Waals surface area contributed by atoms with Crippen LogP contribution in [-0.2, 0) is 4.79 Å². The maximum atomic E-state index is 11.1. The molecule has 0 saturated carbocycles. The van der Waals surface area contributed by atoms with Crippen LogP contribution in [0.25, 0.3) is 0 Å². The molecule has 0 radical (unpaired) electrons. The molecule has 1 unspecified atom stereocenters. The third-order valence-corrected chi connectivity index (χ3v) is 3.20. The molecular formula is C13H17ClN2O3. The molecule has 0 bridgehead atoms. The predicted molar refractivity (Wildman–Crippen MR) is 74.4 cm³/mol. The summed E-state index contributed by atoms with van der Waals surface area (Å²) in [6.45, 7) is 3.96. The predicted octanol–water partition coefficient (Wildman–Crippen LogP) is 2.21. The van der Waals surface area contributed by atoms with E-state index in [9.17, 15) is 9.59 Å². The molecule has 1 rings (SSSR count). The molecule has 0 aliphatic carbocycles. The lowest BCUT2D eigenvalue weighted by Gasteiger charge is -2.18. The molecule has 0 aromatic heterocycles. The Balaban J connectivity index is 2.78. The minimum Gasteiger partial charge on any atom is -0.481 e. The van der Waals surface area contributed by atoms with E-state index in [1.807, 2.05) is 13.8 Å². The quantitative estimate of drug-likeness (QED) is 0.747. The molecule has 0 aliphatic heterocycles. The molecule has 4 N–H and O–H groups in total. The van der Waals surface area contributed by atoms with Crippen molar-refractivity contribution in [2.75, 3.05) is 11.9 Å². The number of aliphatic carboxylic acids is 1. The molecule has 1 aromatic rings. The summed E-state index contributed by atoms with van der Waals surface area (Å²) in [4.78, 5) is 22.0. The third-order valence-electron chi connectivity index (χ3n) is 2.89. The van der Waals surface area contributed by atoms with Crippen LogP contribution in [0, 0.1) is 11.8 Å². The van der Waals surface area contributed by atoms with Crippen molar-refractivity contribution in [3.63, 3.8) is 0 Å². The normalized spacial score (nSPS) is 12.2. The minimum absolute atomic E-state index is 0.00803. The number of rotatable bonds is 6. The number of carboxylic acid groups (broad SMARTS) is 1. The fraction of sp³-hybridized carbons (Fsp3) is 0.385. The Kier molecular flexibility index (Phi) is 5.18. The van der Waals surface area contributed by atoms with E-state index in [0.717, 1.165) is 0 Å². The van der Waals surface area contributed by atoms with Gasteiger partial charge >= 0.3 is 5.97 Å². The standard InChI is InChI=1S/C13H17ClN2O3/c1-7(2)9(13(18)19)6-16-11-4-3-8(12(15)17)5-10(11)14/h3-5,7,9,16H,6H2,1-2H3,(H2,15,17)(H,18,19). The first-order chi connectivity index (χ1) is 8.82. The molecule has 5 nitrogen and oxygen atoms in total. The number of nitrogens with two attached hydrogens (primary N) is 1. The Hall–Kier alpha value is -1.75. The molecule has 0 aliphatic rings. The SMILES string of the molecule is CC(C)C(CNc1ccc(C(N)=O)cc1Cl)C(=O)O. The average molecular weight is 285 g/mol. The molecule has 0 fully saturated rings. The van der Waals surface area contributed by atoms with Crippen LogP contribution < -0.4 is 11.1 Å². The molecule has 1 aromatic carbocycles. The van der Waals surface area contributed by atoms with Gasteiger partial charge in [0.1, 0.15) is 0 Å². The zero-order chi connectivity index (χ0) is 14.6. The maximum absolute atomic E-state index is 11.1. The summed E-state index contributed by atoms with van der Waals surface area (Å²) in [5, 5.41) is 12.4. The van der Waals surface area contributed by atoms with Crippen LogP contribution in [-0.4, -0.2) is 23.5 Å². The van der Waals surface area contributed by atoms with E-state index >= 15 is 0 Å². The van der Waals surface area contributed by atoms with Crippen molar-refractivity contribution in [1.29, 1.82) is 0 Å². The Labute approximate surface area is 116 Å². The summed E-state index contributed by atoms with van der Waals surface area (Å²) in [5.74, 6) is -1.91. The highest BCUT2D eigenvalue weighted by Crippen LogP contribution is 2.24. The zero-order valence-corrected chi connectivity index (χ0v) is 11.6. The number of hydrogen-bond acceptors (Lipinski definition) is 3. The number of anilines is 1. The second-order valence-electron chi connectivity index (χ2n) is 4.63. The molecule has 104 valence electrons. The Morgan fingerprint density at radius 1 is 1.42 bits per heavy atom. The molecule has 1 atom stereocenters. The lowest BCUT2D eigenvalue weighted by Crippen LogP contribution is -2.27. The number of halogens is 1. The van der Waals surface area contributed by atoms with Gasteiger partial charge in [0.2, 0.25) is 5.91 Å². The summed E-state index contributed by atoms with van der Waals surface area (Å²) in [7, 11) is 0. The van der Waals surface area contributed by atoms with Gasteiger partial charge in [-0.05, 0) is 24.1 Å². The lowest BCUT2D eigenvalue weighted by molar-refractivity contribution is -0.142. The van der Waals surface area contributed by atoms with Gasteiger partial charge in [0, 0.05) is 12.1 Å². The monoisotopic (exact) mass is 284 g/mol. The first-order valence-electron chi connectivity index (χ1n) is 5.89. The highest BCUT2D eigenvalue weighted by molar-refractivity contribution is 6.33. The maximum Gasteiger partial charge on any atom is 0.308 e. The summed E-state index contributed by atoms with van der Waals surface area (Å²) < 4.78 is 0. The van der Waals surface area contributed by atoms with E-state index in [0.29, 0.717) is 16.3 Å². The highest BCUT2D eigenvalue weighted by atomic mass is 35.5. The average Bonchev–Trinajstić information content (AvgIpc) is 2.29. The van der Waals surface area contributed by atoms with Gasteiger partial charge in [0.25, 0.3) is 0 Å². The van der Waals surface area contributed by atoms with Crippen molar-refractivity contribution in [1.82, 2.24) is 0 Å². The molecule has 6 heteroatoms. The molecule has 0 heterocycles. The summed E-state index contributed by atoms with van der Waals surface area (Å²) in [5.41, 5.74) is 6.03. The fourth-order valence-electron chi connectivity index (χ4n) is 1.64. The van der Waals surface area contributed by atoms with Crippen LogP contribution in [0.3, 0.4) is 0 Å². The van der Waals surface area contributed by atoms with Crippen LogP contribution in [0.1, 0.15) is 24.2 Å². The molecule has 1 amide bonds. The van der Waals surface area contributed by atoms with Crippen molar-refractivity contribution in [2.24, 2.45) is 17.6 Å². The third kappa shape index (κ3) is 4.13. The van der Waals surface area contributed by atoms with Crippen molar-refractivity contribution < 1.29 is 14.7 Å². The van der Waals surface area contributed by atoms with Gasteiger partial charge in [-0.2, -0.15) is 0 Å². The van der Waals surface area contributed by atoms with Crippen LogP contribution in [0.5, 0.6) is 0 Å². The summed E-state index contributed by atoms with van der Waals surface area (Å²) in [6.07, 6.45) is 0. The van der Waals surface area contributed by atoms with E-state index in [1.165, 1.54) is 6.07 Å². The first-order valence-corrected chi connectivity index (χ1v) is 6.26. The highest BCUT2D eigenvalue weighted by Gasteiger charge is 2.21. The van der Waals surface area contributed by atoms with Crippen LogP contribution in [0.4, 0.5) is 5.69 Å². The number of benzene rings is 1. The minimum atomic E-state index is -0.854. The number of carbonyl (C=O) groups is 2. The van der Waals surface area contributed by atoms with Gasteiger partial charge in [0.05, 0.1) is 16.6 Å². The molecule has 0 saturated heterocycles. The molecule has 0 spiro atoms. The number of carboxylic acids is 1.